The summed E-state index contributed by atoms with van der Waals surface area (Å²) in [5.41, 5.74) is 1.21. The van der Waals surface area contributed by atoms with Gasteiger partial charge in [0, 0.05) is 20.1 Å². The zero-order valence-corrected chi connectivity index (χ0v) is 14.7. The highest BCUT2D eigenvalue weighted by Gasteiger charge is 2.09. The van der Waals surface area contributed by atoms with Gasteiger partial charge in [-0.2, -0.15) is 0 Å². The Hall–Kier alpha value is -1.99. The summed E-state index contributed by atoms with van der Waals surface area (Å²) in [5.74, 6) is -0.692. The van der Waals surface area contributed by atoms with E-state index in [2.05, 4.69) is 10.6 Å². The van der Waals surface area contributed by atoms with Crippen molar-refractivity contribution in [2.45, 2.75) is 25.7 Å². The number of carbonyl (C=O) groups excluding carboxylic acids is 2. The molecule has 0 heterocycles. The van der Waals surface area contributed by atoms with Crippen LogP contribution in [-0.4, -0.2) is 43.9 Å². The average molecular weight is 352 g/mol. The SMILES string of the molecule is COCCNC(=S)NC(=O)CCC(=O)OCCCc1ccccc1. The van der Waals surface area contributed by atoms with Crippen LogP contribution in [-0.2, 0) is 25.5 Å². The van der Waals surface area contributed by atoms with Gasteiger partial charge >= 0.3 is 5.97 Å². The lowest BCUT2D eigenvalue weighted by Crippen LogP contribution is -2.40. The molecule has 132 valence electrons. The lowest BCUT2D eigenvalue weighted by molar-refractivity contribution is -0.145. The predicted molar refractivity (Wildman–Crippen MR) is 95.6 cm³/mol. The van der Waals surface area contributed by atoms with Crippen LogP contribution in [0.3, 0.4) is 0 Å². The molecule has 0 fully saturated rings. The second-order valence-corrected chi connectivity index (χ2v) is 5.51. The number of thiocarbonyl (C=S) groups is 1. The number of methoxy groups -OCH3 is 1. The topological polar surface area (TPSA) is 76.7 Å². The Balaban J connectivity index is 2.06. The quantitative estimate of drug-likeness (QED) is 0.378. The molecule has 1 amide bonds. The lowest BCUT2D eigenvalue weighted by atomic mass is 10.1. The molecule has 0 aliphatic heterocycles. The highest BCUT2D eigenvalue weighted by molar-refractivity contribution is 7.80. The van der Waals surface area contributed by atoms with E-state index in [0.717, 1.165) is 12.8 Å². The Labute approximate surface area is 147 Å². The van der Waals surface area contributed by atoms with Gasteiger partial charge < -0.3 is 20.1 Å². The van der Waals surface area contributed by atoms with Gasteiger partial charge in [-0.1, -0.05) is 30.3 Å². The number of nitrogens with one attached hydrogen (secondary N) is 2. The van der Waals surface area contributed by atoms with E-state index in [4.69, 9.17) is 21.7 Å². The molecule has 2 N–H and O–H groups in total. The van der Waals surface area contributed by atoms with Gasteiger partial charge in [0.25, 0.3) is 0 Å². The highest BCUT2D eigenvalue weighted by Crippen LogP contribution is 2.03. The first-order valence-corrected chi connectivity index (χ1v) is 8.29. The van der Waals surface area contributed by atoms with Crippen molar-refractivity contribution in [3.05, 3.63) is 35.9 Å². The van der Waals surface area contributed by atoms with Gasteiger partial charge in [-0.05, 0) is 30.6 Å². The van der Waals surface area contributed by atoms with Crippen LogP contribution in [0.15, 0.2) is 30.3 Å². The van der Waals surface area contributed by atoms with Crippen LogP contribution in [0.4, 0.5) is 0 Å². The molecule has 0 aliphatic rings. The molecule has 24 heavy (non-hydrogen) atoms. The second-order valence-electron chi connectivity index (χ2n) is 5.11. The van der Waals surface area contributed by atoms with E-state index >= 15 is 0 Å². The van der Waals surface area contributed by atoms with Crippen LogP contribution in [0, 0.1) is 0 Å². The van der Waals surface area contributed by atoms with E-state index in [1.165, 1.54) is 5.56 Å². The number of ether oxygens (including phenoxy) is 2. The summed E-state index contributed by atoms with van der Waals surface area (Å²) >= 11 is 4.94. The summed E-state index contributed by atoms with van der Waals surface area (Å²) in [4.78, 5) is 23.2. The first-order chi connectivity index (χ1) is 11.6. The van der Waals surface area contributed by atoms with Crippen molar-refractivity contribution >= 4 is 29.2 Å². The van der Waals surface area contributed by atoms with Gasteiger partial charge in [-0.25, -0.2) is 0 Å². The van der Waals surface area contributed by atoms with E-state index in [1.54, 1.807) is 7.11 Å². The van der Waals surface area contributed by atoms with Crippen molar-refractivity contribution in [1.82, 2.24) is 10.6 Å². The molecule has 6 nitrogen and oxygen atoms in total. The smallest absolute Gasteiger partial charge is 0.306 e. The van der Waals surface area contributed by atoms with Crippen LogP contribution in [0.1, 0.15) is 24.8 Å². The van der Waals surface area contributed by atoms with Gasteiger partial charge in [0.05, 0.1) is 19.6 Å². The van der Waals surface area contributed by atoms with Crippen molar-refractivity contribution in [1.29, 1.82) is 0 Å². The van der Waals surface area contributed by atoms with Gasteiger partial charge in [-0.3, -0.25) is 9.59 Å². The molecule has 0 unspecified atom stereocenters. The minimum atomic E-state index is -0.378. The predicted octanol–water partition coefficient (Wildman–Crippen LogP) is 1.58. The zero-order chi connectivity index (χ0) is 17.6. The van der Waals surface area contributed by atoms with E-state index in [0.29, 0.717) is 19.8 Å². The van der Waals surface area contributed by atoms with Crippen LogP contribution < -0.4 is 10.6 Å². The monoisotopic (exact) mass is 352 g/mol. The van der Waals surface area contributed by atoms with Crippen LogP contribution in [0.5, 0.6) is 0 Å². The first kappa shape index (κ1) is 20.1. The number of hydrogen-bond donors (Lipinski definition) is 2. The fraction of sp³-hybridized carbons (Fsp3) is 0.471. The molecule has 0 aliphatic carbocycles. The molecule has 7 heteroatoms. The minimum Gasteiger partial charge on any atom is -0.466 e. The summed E-state index contributed by atoms with van der Waals surface area (Å²) in [6.07, 6.45) is 1.70. The van der Waals surface area contributed by atoms with E-state index in [9.17, 15) is 9.59 Å². The van der Waals surface area contributed by atoms with Crippen molar-refractivity contribution in [2.24, 2.45) is 0 Å². The minimum absolute atomic E-state index is 0.0395. The van der Waals surface area contributed by atoms with Gasteiger partial charge in [0.1, 0.15) is 0 Å². The number of hydrogen-bond acceptors (Lipinski definition) is 5. The normalized spacial score (nSPS) is 10.0. The maximum Gasteiger partial charge on any atom is 0.306 e. The molecule has 0 aromatic heterocycles. The molecule has 1 rings (SSSR count). The van der Waals surface area contributed by atoms with E-state index < -0.39 is 0 Å². The molecular weight excluding hydrogens is 328 g/mol. The number of esters is 1. The standard InChI is InChI=1S/C17H24N2O4S/c1-22-13-11-18-17(24)19-15(20)9-10-16(21)23-12-5-8-14-6-3-2-4-7-14/h2-4,6-7H,5,8-13H2,1H3,(H2,18,19,20,24). The molecule has 0 saturated carbocycles. The number of benzene rings is 1. The van der Waals surface area contributed by atoms with Crippen LogP contribution >= 0.6 is 12.2 Å². The van der Waals surface area contributed by atoms with E-state index in [-0.39, 0.29) is 29.8 Å². The van der Waals surface area contributed by atoms with Crippen molar-refractivity contribution < 1.29 is 19.1 Å². The Kier molecular flexibility index (Phi) is 10.4. The van der Waals surface area contributed by atoms with E-state index in [1.807, 2.05) is 30.3 Å². The third-order valence-corrected chi connectivity index (χ3v) is 3.36. The number of aryl methyl sites for hydroxylation is 1. The van der Waals surface area contributed by atoms with Crippen LogP contribution in [0.2, 0.25) is 0 Å². The maximum absolute atomic E-state index is 11.6. The fourth-order valence-corrected chi connectivity index (χ4v) is 2.11. The van der Waals surface area contributed by atoms with Crippen molar-refractivity contribution in [2.75, 3.05) is 26.9 Å². The largest absolute Gasteiger partial charge is 0.466 e. The van der Waals surface area contributed by atoms with Gasteiger partial charge in [0.2, 0.25) is 5.91 Å². The Morgan fingerprint density at radius 3 is 2.58 bits per heavy atom. The Morgan fingerprint density at radius 2 is 1.88 bits per heavy atom. The average Bonchev–Trinajstić information content (AvgIpc) is 2.58. The molecule has 0 radical (unpaired) electrons. The molecule has 0 atom stereocenters. The summed E-state index contributed by atoms with van der Waals surface area (Å²) in [7, 11) is 1.58. The number of carbonyl (C=O) groups is 2. The highest BCUT2D eigenvalue weighted by atomic mass is 32.1. The van der Waals surface area contributed by atoms with Gasteiger partial charge in [0.15, 0.2) is 5.11 Å². The maximum atomic E-state index is 11.6. The Bertz CT molecular complexity index is 523. The molecule has 1 aromatic carbocycles. The Morgan fingerprint density at radius 1 is 1.12 bits per heavy atom. The zero-order valence-electron chi connectivity index (χ0n) is 13.9. The number of amides is 1. The molecular formula is C17H24N2O4S. The van der Waals surface area contributed by atoms with Crippen LogP contribution in [0.25, 0.3) is 0 Å². The molecule has 1 aromatic rings. The third-order valence-electron chi connectivity index (χ3n) is 3.12. The third kappa shape index (κ3) is 9.91. The molecule has 0 spiro atoms. The molecule has 0 bridgehead atoms. The molecule has 0 saturated heterocycles. The van der Waals surface area contributed by atoms with Gasteiger partial charge in [-0.15, -0.1) is 0 Å². The fourth-order valence-electron chi connectivity index (χ4n) is 1.89. The van der Waals surface area contributed by atoms with Crippen molar-refractivity contribution in [3.63, 3.8) is 0 Å². The second kappa shape index (κ2) is 12.4. The van der Waals surface area contributed by atoms with Crippen molar-refractivity contribution in [3.8, 4) is 0 Å². The summed E-state index contributed by atoms with van der Waals surface area (Å²) in [5, 5.41) is 5.55. The summed E-state index contributed by atoms with van der Waals surface area (Å²) < 4.78 is 9.97. The summed E-state index contributed by atoms with van der Waals surface area (Å²) in [6.45, 7) is 1.36. The lowest BCUT2D eigenvalue weighted by Gasteiger charge is -2.09. The summed E-state index contributed by atoms with van der Waals surface area (Å²) in [6, 6.07) is 10.0. The first-order valence-electron chi connectivity index (χ1n) is 7.88. The number of rotatable bonds is 10.